The molecule has 4 rings (SSSR count). The summed E-state index contributed by atoms with van der Waals surface area (Å²) < 4.78 is 5.50. The van der Waals surface area contributed by atoms with Gasteiger partial charge in [0.05, 0.1) is 6.10 Å². The van der Waals surface area contributed by atoms with Crippen LogP contribution in [0.15, 0.2) is 18.2 Å². The Hall–Kier alpha value is -1.59. The summed E-state index contributed by atoms with van der Waals surface area (Å²) in [5, 5.41) is 0.704. The SMILES string of the molecule is CO[C@H]1CCC[C@@H](C(=O)N2CCC3(CC2)CN(C(C)=O)c2ccc(Cl)cc23)C1. The van der Waals surface area contributed by atoms with E-state index in [1.165, 1.54) is 5.56 Å². The number of halogens is 1. The number of methoxy groups -OCH3 is 1. The van der Waals surface area contributed by atoms with E-state index < -0.39 is 0 Å². The quantitative estimate of drug-likeness (QED) is 0.753. The monoisotopic (exact) mass is 404 g/mol. The molecule has 5 nitrogen and oxygen atoms in total. The predicted octanol–water partition coefficient (Wildman–Crippen LogP) is 3.77. The fourth-order valence-electron chi connectivity index (χ4n) is 5.35. The maximum atomic E-state index is 13.1. The number of nitrogens with zero attached hydrogens (tertiary/aromatic N) is 2. The molecule has 1 saturated heterocycles. The molecule has 2 aliphatic heterocycles. The van der Waals surface area contributed by atoms with E-state index in [9.17, 15) is 9.59 Å². The molecule has 1 aromatic carbocycles. The van der Waals surface area contributed by atoms with E-state index in [-0.39, 0.29) is 29.3 Å². The Balaban J connectivity index is 1.49. The number of hydrogen-bond acceptors (Lipinski definition) is 3. The van der Waals surface area contributed by atoms with Crippen LogP contribution >= 0.6 is 11.6 Å². The van der Waals surface area contributed by atoms with Gasteiger partial charge in [0, 0.05) is 55.7 Å². The molecule has 0 bridgehead atoms. The van der Waals surface area contributed by atoms with Gasteiger partial charge in [-0.15, -0.1) is 0 Å². The summed E-state index contributed by atoms with van der Waals surface area (Å²) in [5.41, 5.74) is 2.05. The molecular weight excluding hydrogens is 376 g/mol. The minimum absolute atomic E-state index is 0.0618. The van der Waals surface area contributed by atoms with Gasteiger partial charge in [-0.3, -0.25) is 9.59 Å². The second-order valence-corrected chi connectivity index (χ2v) is 9.03. The lowest BCUT2D eigenvalue weighted by Crippen LogP contribution is -2.49. The van der Waals surface area contributed by atoms with Gasteiger partial charge in [0.25, 0.3) is 0 Å². The standard InChI is InChI=1S/C22H29ClN2O3/c1-15(26)25-14-22(19-13-17(23)6-7-20(19)25)8-10-24(11-9-22)21(27)16-4-3-5-18(12-16)28-2/h6-7,13,16,18H,3-5,8-12,14H2,1-2H3/t16-,18+/m1/s1. The van der Waals surface area contributed by atoms with Crippen molar-refractivity contribution in [3.8, 4) is 0 Å². The van der Waals surface area contributed by atoms with Crippen LogP contribution in [-0.2, 0) is 19.7 Å². The van der Waals surface area contributed by atoms with Gasteiger partial charge in [-0.25, -0.2) is 0 Å². The first kappa shape index (κ1) is 19.7. The van der Waals surface area contributed by atoms with E-state index in [1.54, 1.807) is 14.0 Å². The van der Waals surface area contributed by atoms with Crippen LogP contribution in [-0.4, -0.2) is 49.6 Å². The highest BCUT2D eigenvalue weighted by atomic mass is 35.5. The number of carbonyl (C=O) groups is 2. The van der Waals surface area contributed by atoms with Crippen LogP contribution in [0.5, 0.6) is 0 Å². The summed E-state index contributed by atoms with van der Waals surface area (Å²) in [5.74, 6) is 0.433. The molecule has 0 unspecified atom stereocenters. The van der Waals surface area contributed by atoms with Crippen molar-refractivity contribution in [2.24, 2.45) is 5.92 Å². The first-order chi connectivity index (χ1) is 13.4. The smallest absolute Gasteiger partial charge is 0.225 e. The lowest BCUT2D eigenvalue weighted by atomic mass is 9.74. The number of ether oxygens (including phenoxy) is 1. The van der Waals surface area contributed by atoms with Crippen molar-refractivity contribution in [1.82, 2.24) is 4.90 Å². The van der Waals surface area contributed by atoms with Crippen molar-refractivity contribution < 1.29 is 14.3 Å². The van der Waals surface area contributed by atoms with Crippen LogP contribution in [0.25, 0.3) is 0 Å². The molecule has 6 heteroatoms. The zero-order valence-corrected chi connectivity index (χ0v) is 17.5. The van der Waals surface area contributed by atoms with Crippen LogP contribution < -0.4 is 4.90 Å². The third-order valence-corrected chi connectivity index (χ3v) is 7.24. The fourth-order valence-corrected chi connectivity index (χ4v) is 5.52. The Morgan fingerprint density at radius 3 is 2.64 bits per heavy atom. The Morgan fingerprint density at radius 1 is 1.21 bits per heavy atom. The van der Waals surface area contributed by atoms with Gasteiger partial charge < -0.3 is 14.5 Å². The number of anilines is 1. The molecule has 3 aliphatic rings. The molecule has 1 aromatic rings. The number of fused-ring (bicyclic) bond motifs is 2. The molecule has 28 heavy (non-hydrogen) atoms. The van der Waals surface area contributed by atoms with Gasteiger partial charge in [-0.2, -0.15) is 0 Å². The van der Waals surface area contributed by atoms with Crippen molar-refractivity contribution in [3.63, 3.8) is 0 Å². The van der Waals surface area contributed by atoms with Crippen molar-refractivity contribution in [3.05, 3.63) is 28.8 Å². The third kappa shape index (κ3) is 3.43. The van der Waals surface area contributed by atoms with Crippen LogP contribution in [0, 0.1) is 5.92 Å². The zero-order valence-electron chi connectivity index (χ0n) is 16.7. The molecular formula is C22H29ClN2O3. The van der Waals surface area contributed by atoms with Crippen molar-refractivity contribution >= 4 is 29.1 Å². The van der Waals surface area contributed by atoms with E-state index in [1.807, 2.05) is 28.0 Å². The molecule has 2 fully saturated rings. The minimum atomic E-state index is -0.0929. The van der Waals surface area contributed by atoms with Gasteiger partial charge in [-0.05, 0) is 55.9 Å². The highest BCUT2D eigenvalue weighted by molar-refractivity contribution is 6.30. The van der Waals surface area contributed by atoms with Gasteiger partial charge in [0.1, 0.15) is 0 Å². The lowest BCUT2D eigenvalue weighted by molar-refractivity contribution is -0.139. The molecule has 1 saturated carbocycles. The van der Waals surface area contributed by atoms with E-state index in [4.69, 9.17) is 16.3 Å². The van der Waals surface area contributed by atoms with E-state index in [0.717, 1.165) is 57.3 Å². The summed E-state index contributed by atoms with van der Waals surface area (Å²) in [7, 11) is 1.74. The van der Waals surface area contributed by atoms with Gasteiger partial charge in [-0.1, -0.05) is 18.0 Å². The van der Waals surface area contributed by atoms with E-state index in [0.29, 0.717) is 11.6 Å². The number of likely N-dealkylation sites (tertiary alicyclic amines) is 1. The number of amides is 2. The summed E-state index contributed by atoms with van der Waals surface area (Å²) in [6.07, 6.45) is 5.89. The van der Waals surface area contributed by atoms with Crippen LogP contribution in [0.3, 0.4) is 0 Å². The maximum absolute atomic E-state index is 13.1. The van der Waals surface area contributed by atoms with Crippen molar-refractivity contribution in [1.29, 1.82) is 0 Å². The normalized spacial score (nSPS) is 26.4. The van der Waals surface area contributed by atoms with Crippen molar-refractivity contribution in [2.75, 3.05) is 31.6 Å². The molecule has 2 amide bonds. The molecule has 0 radical (unpaired) electrons. The minimum Gasteiger partial charge on any atom is -0.381 e. The lowest BCUT2D eigenvalue weighted by Gasteiger charge is -2.41. The summed E-state index contributed by atoms with van der Waals surface area (Å²) in [6.45, 7) is 3.79. The topological polar surface area (TPSA) is 49.9 Å². The first-order valence-corrected chi connectivity index (χ1v) is 10.7. The van der Waals surface area contributed by atoms with E-state index in [2.05, 4.69) is 0 Å². The largest absolute Gasteiger partial charge is 0.381 e. The number of hydrogen-bond donors (Lipinski definition) is 0. The third-order valence-electron chi connectivity index (χ3n) is 7.00. The predicted molar refractivity (Wildman–Crippen MR) is 110 cm³/mol. The molecule has 0 N–H and O–H groups in total. The zero-order chi connectivity index (χ0) is 19.9. The Morgan fingerprint density at radius 2 is 1.96 bits per heavy atom. The summed E-state index contributed by atoms with van der Waals surface area (Å²) in [4.78, 5) is 29.2. The average molecular weight is 405 g/mol. The van der Waals surface area contributed by atoms with Crippen molar-refractivity contribution in [2.45, 2.75) is 57.0 Å². The second kappa shape index (κ2) is 7.68. The Labute approximate surface area is 172 Å². The molecule has 2 atom stereocenters. The number of carbonyl (C=O) groups excluding carboxylic acids is 2. The van der Waals surface area contributed by atoms with Crippen LogP contribution in [0.2, 0.25) is 5.02 Å². The number of benzene rings is 1. The molecule has 0 aromatic heterocycles. The first-order valence-electron chi connectivity index (χ1n) is 10.3. The number of piperidine rings is 1. The fraction of sp³-hybridized carbons (Fsp3) is 0.636. The van der Waals surface area contributed by atoms with Crippen LogP contribution in [0.1, 0.15) is 51.0 Å². The molecule has 1 spiro atoms. The second-order valence-electron chi connectivity index (χ2n) is 8.59. The molecule has 152 valence electrons. The maximum Gasteiger partial charge on any atom is 0.225 e. The Bertz CT molecular complexity index is 773. The van der Waals surface area contributed by atoms with E-state index >= 15 is 0 Å². The average Bonchev–Trinajstić information content (AvgIpc) is 3.02. The summed E-state index contributed by atoms with van der Waals surface area (Å²) in [6, 6.07) is 5.82. The molecule has 1 aliphatic carbocycles. The number of rotatable bonds is 2. The van der Waals surface area contributed by atoms with Gasteiger partial charge in [0.2, 0.25) is 11.8 Å². The molecule has 2 heterocycles. The van der Waals surface area contributed by atoms with Gasteiger partial charge in [0.15, 0.2) is 0 Å². The highest BCUT2D eigenvalue weighted by Crippen LogP contribution is 2.48. The Kier molecular flexibility index (Phi) is 5.41. The highest BCUT2D eigenvalue weighted by Gasteiger charge is 2.47. The van der Waals surface area contributed by atoms with Crippen LogP contribution in [0.4, 0.5) is 5.69 Å². The summed E-state index contributed by atoms with van der Waals surface area (Å²) >= 11 is 6.28. The van der Waals surface area contributed by atoms with Gasteiger partial charge >= 0.3 is 0 Å².